The molecule has 4 rings (SSSR count). The Morgan fingerprint density at radius 1 is 1.19 bits per heavy atom. The van der Waals surface area contributed by atoms with Crippen LogP contribution in [0.1, 0.15) is 47.4 Å². The summed E-state index contributed by atoms with van der Waals surface area (Å²) in [6.07, 6.45) is 4.36. The molecule has 3 fully saturated rings. The lowest BCUT2D eigenvalue weighted by Gasteiger charge is -2.34. The van der Waals surface area contributed by atoms with Gasteiger partial charge in [0.25, 0.3) is 11.8 Å². The van der Waals surface area contributed by atoms with Crippen LogP contribution in [0.4, 0.5) is 0 Å². The Bertz CT molecular complexity index is 734. The second-order valence-corrected chi connectivity index (χ2v) is 7.61. The summed E-state index contributed by atoms with van der Waals surface area (Å²) >= 11 is 0. The van der Waals surface area contributed by atoms with Gasteiger partial charge < -0.3 is 9.64 Å². The molecule has 146 valence electrons. The molecule has 3 saturated heterocycles. The quantitative estimate of drug-likeness (QED) is 0.775. The van der Waals surface area contributed by atoms with Gasteiger partial charge in [-0.1, -0.05) is 0 Å². The van der Waals surface area contributed by atoms with Crippen molar-refractivity contribution in [1.29, 1.82) is 0 Å². The maximum atomic E-state index is 12.9. The summed E-state index contributed by atoms with van der Waals surface area (Å²) in [7, 11) is 0. The number of piperidine rings is 1. The molecular formula is C19H26N4O4. The molecule has 2 amide bonds. The molecule has 1 aromatic heterocycles. The standard InChI is InChI=1S/C19H26N4O4/c1-12-13(2)20-11-21-17(12)19(25)22-7-5-14-9-15(27-16(14)10-22)18(24)23-6-3-4-8-26-23/h11,14-16H,3-10H2,1-2H3/t14-,15-,16+/m0/s1. The molecule has 0 N–H and O–H groups in total. The van der Waals surface area contributed by atoms with Crippen LogP contribution in [0.2, 0.25) is 0 Å². The minimum Gasteiger partial charge on any atom is -0.363 e. The number of aryl methyl sites for hydroxylation is 1. The monoisotopic (exact) mass is 374 g/mol. The molecule has 0 radical (unpaired) electrons. The molecule has 3 aliphatic rings. The van der Waals surface area contributed by atoms with Crippen LogP contribution in [0.3, 0.4) is 0 Å². The van der Waals surface area contributed by atoms with Crippen LogP contribution < -0.4 is 0 Å². The summed E-state index contributed by atoms with van der Waals surface area (Å²) in [5.74, 6) is 0.138. The van der Waals surface area contributed by atoms with Crippen molar-refractivity contribution in [2.75, 3.05) is 26.2 Å². The highest BCUT2D eigenvalue weighted by Gasteiger charge is 2.44. The molecule has 0 unspecified atom stereocenters. The van der Waals surface area contributed by atoms with Crippen LogP contribution >= 0.6 is 0 Å². The Labute approximate surface area is 158 Å². The lowest BCUT2D eigenvalue weighted by atomic mass is 9.91. The maximum Gasteiger partial charge on any atom is 0.275 e. The molecule has 0 bridgehead atoms. The zero-order valence-electron chi connectivity index (χ0n) is 15.9. The minimum atomic E-state index is -0.462. The van der Waals surface area contributed by atoms with Gasteiger partial charge >= 0.3 is 0 Å². The highest BCUT2D eigenvalue weighted by atomic mass is 16.7. The van der Waals surface area contributed by atoms with Crippen molar-refractivity contribution in [3.05, 3.63) is 23.3 Å². The van der Waals surface area contributed by atoms with Gasteiger partial charge in [0.15, 0.2) is 0 Å². The van der Waals surface area contributed by atoms with Gasteiger partial charge in [-0.05, 0) is 45.4 Å². The first kappa shape index (κ1) is 18.3. The number of likely N-dealkylation sites (tertiary alicyclic amines) is 1. The normalized spacial score (nSPS) is 28.1. The van der Waals surface area contributed by atoms with Crippen molar-refractivity contribution in [3.63, 3.8) is 0 Å². The topological polar surface area (TPSA) is 84.9 Å². The zero-order chi connectivity index (χ0) is 19.0. The SMILES string of the molecule is Cc1ncnc(C(=O)N2CC[C@H]3C[C@@H](C(=O)N4CCCCO4)O[C@@H]3C2)c1C. The van der Waals surface area contributed by atoms with Crippen molar-refractivity contribution >= 4 is 11.8 Å². The third-order valence-electron chi connectivity index (χ3n) is 5.90. The van der Waals surface area contributed by atoms with E-state index in [0.29, 0.717) is 44.3 Å². The molecule has 27 heavy (non-hydrogen) atoms. The fourth-order valence-corrected chi connectivity index (χ4v) is 4.11. The fourth-order valence-electron chi connectivity index (χ4n) is 4.11. The summed E-state index contributed by atoms with van der Waals surface area (Å²) in [5, 5.41) is 1.46. The average Bonchev–Trinajstić information content (AvgIpc) is 3.13. The number of nitrogens with zero attached hydrogens (tertiary/aromatic N) is 4. The van der Waals surface area contributed by atoms with Crippen LogP contribution in [0.5, 0.6) is 0 Å². The number of hydrogen-bond acceptors (Lipinski definition) is 6. The summed E-state index contributed by atoms with van der Waals surface area (Å²) < 4.78 is 6.05. The Morgan fingerprint density at radius 2 is 2.04 bits per heavy atom. The van der Waals surface area contributed by atoms with E-state index in [1.54, 1.807) is 4.90 Å². The number of hydrogen-bond donors (Lipinski definition) is 0. The summed E-state index contributed by atoms with van der Waals surface area (Å²) in [4.78, 5) is 41.1. The van der Waals surface area contributed by atoms with Gasteiger partial charge in [-0.2, -0.15) is 0 Å². The third-order valence-corrected chi connectivity index (χ3v) is 5.90. The van der Waals surface area contributed by atoms with Gasteiger partial charge in [-0.3, -0.25) is 14.4 Å². The number of carbonyl (C=O) groups excluding carboxylic acids is 2. The highest BCUT2D eigenvalue weighted by Crippen LogP contribution is 2.34. The Morgan fingerprint density at radius 3 is 2.81 bits per heavy atom. The maximum absolute atomic E-state index is 12.9. The number of fused-ring (bicyclic) bond motifs is 1. The van der Waals surface area contributed by atoms with Gasteiger partial charge in [0.2, 0.25) is 0 Å². The number of aromatic nitrogens is 2. The lowest BCUT2D eigenvalue weighted by molar-refractivity contribution is -0.206. The van der Waals surface area contributed by atoms with Crippen molar-refractivity contribution in [3.8, 4) is 0 Å². The van der Waals surface area contributed by atoms with Crippen LogP contribution in [-0.4, -0.2) is 70.2 Å². The molecule has 0 saturated carbocycles. The first-order valence-corrected chi connectivity index (χ1v) is 9.72. The molecule has 0 aliphatic carbocycles. The second kappa shape index (κ2) is 7.52. The van der Waals surface area contributed by atoms with E-state index < -0.39 is 6.10 Å². The first-order valence-electron chi connectivity index (χ1n) is 9.72. The molecule has 0 aromatic carbocycles. The summed E-state index contributed by atoms with van der Waals surface area (Å²) in [5.41, 5.74) is 2.08. The van der Waals surface area contributed by atoms with E-state index in [9.17, 15) is 9.59 Å². The molecule has 3 atom stereocenters. The third kappa shape index (κ3) is 3.55. The van der Waals surface area contributed by atoms with Crippen molar-refractivity contribution in [2.45, 2.75) is 51.7 Å². The smallest absolute Gasteiger partial charge is 0.275 e. The largest absolute Gasteiger partial charge is 0.363 e. The minimum absolute atomic E-state index is 0.0794. The van der Waals surface area contributed by atoms with E-state index in [1.807, 2.05) is 13.8 Å². The van der Waals surface area contributed by atoms with E-state index >= 15 is 0 Å². The van der Waals surface area contributed by atoms with Gasteiger partial charge in [0, 0.05) is 30.9 Å². The average molecular weight is 374 g/mol. The number of amides is 2. The van der Waals surface area contributed by atoms with E-state index in [4.69, 9.17) is 9.57 Å². The van der Waals surface area contributed by atoms with Crippen molar-refractivity contribution in [1.82, 2.24) is 19.9 Å². The van der Waals surface area contributed by atoms with Gasteiger partial charge in [-0.25, -0.2) is 15.0 Å². The van der Waals surface area contributed by atoms with Crippen LogP contribution in [-0.2, 0) is 14.4 Å². The van der Waals surface area contributed by atoms with E-state index in [-0.39, 0.29) is 17.9 Å². The van der Waals surface area contributed by atoms with Gasteiger partial charge in [0.1, 0.15) is 18.1 Å². The Kier molecular flexibility index (Phi) is 5.10. The first-order chi connectivity index (χ1) is 13.0. The number of rotatable bonds is 2. The van der Waals surface area contributed by atoms with Crippen LogP contribution in [0.25, 0.3) is 0 Å². The van der Waals surface area contributed by atoms with Crippen LogP contribution in [0, 0.1) is 19.8 Å². The Hall–Kier alpha value is -2.06. The van der Waals surface area contributed by atoms with E-state index in [2.05, 4.69) is 9.97 Å². The van der Waals surface area contributed by atoms with Gasteiger partial charge in [0.05, 0.1) is 12.7 Å². The van der Waals surface area contributed by atoms with Gasteiger partial charge in [-0.15, -0.1) is 0 Å². The van der Waals surface area contributed by atoms with E-state index in [0.717, 1.165) is 30.5 Å². The molecule has 8 heteroatoms. The fraction of sp³-hybridized carbons (Fsp3) is 0.684. The number of ether oxygens (including phenoxy) is 1. The predicted octanol–water partition coefficient (Wildman–Crippen LogP) is 1.27. The number of carbonyl (C=O) groups is 2. The predicted molar refractivity (Wildman–Crippen MR) is 95.7 cm³/mol. The molecular weight excluding hydrogens is 348 g/mol. The van der Waals surface area contributed by atoms with Crippen molar-refractivity contribution < 1.29 is 19.2 Å². The molecule has 4 heterocycles. The van der Waals surface area contributed by atoms with E-state index in [1.165, 1.54) is 11.4 Å². The van der Waals surface area contributed by atoms with Crippen molar-refractivity contribution in [2.24, 2.45) is 5.92 Å². The highest BCUT2D eigenvalue weighted by molar-refractivity contribution is 5.94. The molecule has 0 spiro atoms. The Balaban J connectivity index is 1.40. The summed E-state index contributed by atoms with van der Waals surface area (Å²) in [6.45, 7) is 6.12. The zero-order valence-corrected chi connectivity index (χ0v) is 15.9. The lowest BCUT2D eigenvalue weighted by Crippen LogP contribution is -2.46. The molecule has 8 nitrogen and oxygen atoms in total. The van der Waals surface area contributed by atoms with Crippen LogP contribution in [0.15, 0.2) is 6.33 Å². The molecule has 1 aromatic rings. The summed E-state index contributed by atoms with van der Waals surface area (Å²) in [6, 6.07) is 0. The molecule has 3 aliphatic heterocycles. The number of hydroxylamine groups is 2. The second-order valence-electron chi connectivity index (χ2n) is 7.61.